The van der Waals surface area contributed by atoms with Gasteiger partial charge in [-0.1, -0.05) is 30.3 Å². The van der Waals surface area contributed by atoms with Crippen molar-refractivity contribution in [1.29, 1.82) is 0 Å². The SMILES string of the molecule is COC(=O)[C@@H](CCC(=O)N1CCC2(CC2)C(O)C1)N1CCN(C(=O)OCc2ccccc2)C(C)C1=O. The molecule has 1 saturated carbocycles. The first-order chi connectivity index (χ1) is 17.3. The largest absolute Gasteiger partial charge is 0.467 e. The number of aliphatic hydroxyl groups excluding tert-OH is 1. The number of piperazine rings is 1. The van der Waals surface area contributed by atoms with Crippen LogP contribution in [0.25, 0.3) is 0 Å². The van der Waals surface area contributed by atoms with Crippen LogP contribution in [-0.4, -0.2) is 95.2 Å². The number of benzene rings is 1. The van der Waals surface area contributed by atoms with Crippen molar-refractivity contribution < 1.29 is 33.8 Å². The van der Waals surface area contributed by atoms with Gasteiger partial charge in [0.25, 0.3) is 0 Å². The Morgan fingerprint density at radius 3 is 2.47 bits per heavy atom. The summed E-state index contributed by atoms with van der Waals surface area (Å²) in [7, 11) is 1.25. The zero-order chi connectivity index (χ0) is 25.9. The van der Waals surface area contributed by atoms with E-state index in [-0.39, 0.29) is 43.9 Å². The summed E-state index contributed by atoms with van der Waals surface area (Å²) < 4.78 is 10.3. The Hall–Kier alpha value is -3.14. The Morgan fingerprint density at radius 1 is 1.11 bits per heavy atom. The van der Waals surface area contributed by atoms with Crippen molar-refractivity contribution in [3.8, 4) is 0 Å². The third-order valence-corrected chi connectivity index (χ3v) is 7.84. The molecule has 2 heterocycles. The average molecular weight is 502 g/mol. The minimum absolute atomic E-state index is 0.00416. The molecule has 4 rings (SSSR count). The van der Waals surface area contributed by atoms with E-state index in [1.165, 1.54) is 16.9 Å². The van der Waals surface area contributed by atoms with Gasteiger partial charge in [-0.15, -0.1) is 0 Å². The second-order valence-electron chi connectivity index (χ2n) is 9.99. The van der Waals surface area contributed by atoms with E-state index < -0.39 is 36.2 Å². The monoisotopic (exact) mass is 501 g/mol. The number of carbonyl (C=O) groups is 4. The van der Waals surface area contributed by atoms with Gasteiger partial charge in [0.05, 0.1) is 13.2 Å². The van der Waals surface area contributed by atoms with Gasteiger partial charge in [0.15, 0.2) is 0 Å². The number of esters is 1. The van der Waals surface area contributed by atoms with Crippen LogP contribution in [0.5, 0.6) is 0 Å². The summed E-state index contributed by atoms with van der Waals surface area (Å²) in [6, 6.07) is 7.51. The molecule has 2 aliphatic heterocycles. The average Bonchev–Trinajstić information content (AvgIpc) is 3.67. The number of hydrogen-bond acceptors (Lipinski definition) is 7. The number of methoxy groups -OCH3 is 1. The fourth-order valence-corrected chi connectivity index (χ4v) is 5.20. The lowest BCUT2D eigenvalue weighted by atomic mass is 9.90. The quantitative estimate of drug-likeness (QED) is 0.564. The summed E-state index contributed by atoms with van der Waals surface area (Å²) in [5, 5.41) is 10.4. The van der Waals surface area contributed by atoms with Crippen LogP contribution in [0.15, 0.2) is 30.3 Å². The molecule has 0 bridgehead atoms. The number of β-amino-alcohol motifs (C(OH)–C–C–N with tert-alkyl or cyclic N) is 1. The summed E-state index contributed by atoms with van der Waals surface area (Å²) in [6.07, 6.45) is 1.86. The van der Waals surface area contributed by atoms with E-state index in [1.807, 2.05) is 30.3 Å². The van der Waals surface area contributed by atoms with Crippen LogP contribution in [0.3, 0.4) is 0 Å². The first kappa shape index (κ1) is 25.9. The number of likely N-dealkylation sites (tertiary alicyclic amines) is 1. The van der Waals surface area contributed by atoms with Crippen molar-refractivity contribution in [3.05, 3.63) is 35.9 Å². The molecular formula is C26H35N3O7. The molecule has 0 radical (unpaired) electrons. The molecule has 10 nitrogen and oxygen atoms in total. The Balaban J connectivity index is 1.33. The summed E-state index contributed by atoms with van der Waals surface area (Å²) in [5.41, 5.74) is 0.836. The van der Waals surface area contributed by atoms with E-state index in [2.05, 4.69) is 0 Å². The molecular weight excluding hydrogens is 466 g/mol. The Morgan fingerprint density at radius 2 is 1.83 bits per heavy atom. The maximum atomic E-state index is 13.2. The molecule has 3 amide bonds. The Bertz CT molecular complexity index is 981. The Kier molecular flexibility index (Phi) is 7.82. The predicted octanol–water partition coefficient (Wildman–Crippen LogP) is 1.55. The first-order valence-electron chi connectivity index (χ1n) is 12.6. The zero-order valence-electron chi connectivity index (χ0n) is 20.9. The highest BCUT2D eigenvalue weighted by molar-refractivity contribution is 5.90. The molecule has 1 N–H and O–H groups in total. The number of rotatable bonds is 7. The van der Waals surface area contributed by atoms with Crippen LogP contribution < -0.4 is 0 Å². The molecule has 196 valence electrons. The molecule has 3 aliphatic rings. The lowest BCUT2D eigenvalue weighted by molar-refractivity contribution is -0.158. The minimum Gasteiger partial charge on any atom is -0.467 e. The molecule has 3 atom stereocenters. The molecule has 2 saturated heterocycles. The van der Waals surface area contributed by atoms with Gasteiger partial charge in [0.2, 0.25) is 11.8 Å². The number of nitrogens with zero attached hydrogens (tertiary/aromatic N) is 3. The highest BCUT2D eigenvalue weighted by atomic mass is 16.6. The van der Waals surface area contributed by atoms with Crippen molar-refractivity contribution in [3.63, 3.8) is 0 Å². The van der Waals surface area contributed by atoms with Gasteiger partial charge in [0, 0.05) is 32.6 Å². The van der Waals surface area contributed by atoms with Crippen LogP contribution in [0, 0.1) is 5.41 Å². The van der Waals surface area contributed by atoms with Gasteiger partial charge < -0.3 is 24.4 Å². The van der Waals surface area contributed by atoms with Crippen LogP contribution in [0.4, 0.5) is 4.79 Å². The van der Waals surface area contributed by atoms with Gasteiger partial charge in [-0.05, 0) is 43.6 Å². The lowest BCUT2D eigenvalue weighted by Gasteiger charge is -2.41. The maximum Gasteiger partial charge on any atom is 0.410 e. The van der Waals surface area contributed by atoms with Crippen LogP contribution in [0.2, 0.25) is 0 Å². The van der Waals surface area contributed by atoms with E-state index in [1.54, 1.807) is 11.8 Å². The van der Waals surface area contributed by atoms with Gasteiger partial charge >= 0.3 is 12.1 Å². The van der Waals surface area contributed by atoms with E-state index in [4.69, 9.17) is 9.47 Å². The van der Waals surface area contributed by atoms with Crippen molar-refractivity contribution >= 4 is 23.9 Å². The third kappa shape index (κ3) is 5.48. The smallest absolute Gasteiger partial charge is 0.410 e. The number of piperidine rings is 1. The van der Waals surface area contributed by atoms with E-state index in [0.29, 0.717) is 13.1 Å². The normalized spacial score (nSPS) is 23.9. The van der Waals surface area contributed by atoms with E-state index in [9.17, 15) is 24.3 Å². The minimum atomic E-state index is -0.930. The first-order valence-corrected chi connectivity index (χ1v) is 12.6. The second kappa shape index (κ2) is 10.9. The molecule has 1 aromatic carbocycles. The molecule has 1 aliphatic carbocycles. The summed E-state index contributed by atoms with van der Waals surface area (Å²) in [5.74, 6) is -1.15. The number of hydrogen-bond donors (Lipinski definition) is 1. The van der Waals surface area contributed by atoms with E-state index in [0.717, 1.165) is 24.8 Å². The highest BCUT2D eigenvalue weighted by Crippen LogP contribution is 2.53. The molecule has 1 aromatic rings. The van der Waals surface area contributed by atoms with Crippen molar-refractivity contribution in [1.82, 2.24) is 14.7 Å². The van der Waals surface area contributed by atoms with Gasteiger partial charge in [0.1, 0.15) is 18.7 Å². The molecule has 10 heteroatoms. The number of ether oxygens (including phenoxy) is 2. The molecule has 2 unspecified atom stereocenters. The van der Waals surface area contributed by atoms with Crippen LogP contribution >= 0.6 is 0 Å². The second-order valence-corrected chi connectivity index (χ2v) is 9.99. The van der Waals surface area contributed by atoms with Crippen molar-refractivity contribution in [2.45, 2.75) is 63.8 Å². The van der Waals surface area contributed by atoms with Gasteiger partial charge in [-0.3, -0.25) is 14.5 Å². The van der Waals surface area contributed by atoms with Crippen LogP contribution in [-0.2, 0) is 30.5 Å². The lowest BCUT2D eigenvalue weighted by Crippen LogP contribution is -2.61. The number of amides is 3. The van der Waals surface area contributed by atoms with Gasteiger partial charge in [-0.25, -0.2) is 9.59 Å². The van der Waals surface area contributed by atoms with Crippen molar-refractivity contribution in [2.24, 2.45) is 5.41 Å². The molecule has 36 heavy (non-hydrogen) atoms. The molecule has 3 fully saturated rings. The van der Waals surface area contributed by atoms with Crippen LogP contribution in [0.1, 0.15) is 44.6 Å². The summed E-state index contributed by atoms with van der Waals surface area (Å²) in [4.78, 5) is 55.6. The fourth-order valence-electron chi connectivity index (χ4n) is 5.20. The Labute approximate surface area is 211 Å². The topological polar surface area (TPSA) is 117 Å². The predicted molar refractivity (Wildman–Crippen MR) is 128 cm³/mol. The fraction of sp³-hybridized carbons (Fsp3) is 0.615. The zero-order valence-corrected chi connectivity index (χ0v) is 20.9. The number of carbonyl (C=O) groups excluding carboxylic acids is 4. The third-order valence-electron chi connectivity index (χ3n) is 7.84. The van der Waals surface area contributed by atoms with Gasteiger partial charge in [-0.2, -0.15) is 0 Å². The van der Waals surface area contributed by atoms with E-state index >= 15 is 0 Å². The van der Waals surface area contributed by atoms with Crippen molar-refractivity contribution in [2.75, 3.05) is 33.3 Å². The molecule has 0 aromatic heterocycles. The molecule has 1 spiro atoms. The maximum absolute atomic E-state index is 13.2. The standard InChI is InChI=1S/C26H35N3O7/c1-18-23(32)29(15-14-28(18)25(34)36-17-19-6-4-3-5-7-19)20(24(33)35-2)8-9-22(31)27-13-12-26(10-11-26)21(30)16-27/h3-7,18,20-21,30H,8-17H2,1-2H3/t18?,20-,21?/m1/s1. The highest BCUT2D eigenvalue weighted by Gasteiger charge is 2.51. The summed E-state index contributed by atoms with van der Waals surface area (Å²) >= 11 is 0. The number of aliphatic hydroxyl groups is 1. The summed E-state index contributed by atoms with van der Waals surface area (Å²) in [6.45, 7) is 2.92.